The van der Waals surface area contributed by atoms with E-state index in [1.165, 1.54) is 0 Å². The fourth-order valence-electron chi connectivity index (χ4n) is 4.63. The number of anilines is 1. The Bertz CT molecular complexity index is 1380. The van der Waals surface area contributed by atoms with Crippen LogP contribution >= 0.6 is 0 Å². The average Bonchev–Trinajstić information content (AvgIpc) is 3.12. The second-order valence-corrected chi connectivity index (χ2v) is 8.51. The zero-order valence-corrected chi connectivity index (χ0v) is 17.6. The zero-order valence-electron chi connectivity index (χ0n) is 17.6. The number of aromatic nitrogens is 2. The van der Waals surface area contributed by atoms with E-state index < -0.39 is 0 Å². The fraction of sp³-hybridized carbons (Fsp3) is 0.333. The van der Waals surface area contributed by atoms with E-state index in [0.717, 1.165) is 59.3 Å². The van der Waals surface area contributed by atoms with E-state index in [4.69, 9.17) is 0 Å². The number of fused-ring (bicyclic) bond motifs is 4. The number of pyridine rings is 1. The van der Waals surface area contributed by atoms with Gasteiger partial charge in [-0.25, -0.2) is 0 Å². The molecular formula is C24H25N5O. The van der Waals surface area contributed by atoms with Crippen molar-refractivity contribution in [3.05, 3.63) is 52.2 Å². The van der Waals surface area contributed by atoms with Gasteiger partial charge in [-0.05, 0) is 51.2 Å². The molecule has 6 nitrogen and oxygen atoms in total. The SMILES string of the molecule is CC(C)n1c2cc(N3CCN(C)CC3)ccc2c(=O)c2c3ccc(C#N)cc3[nH]c21. The van der Waals surface area contributed by atoms with Crippen molar-refractivity contribution in [2.45, 2.75) is 19.9 Å². The van der Waals surface area contributed by atoms with Crippen LogP contribution in [0.4, 0.5) is 5.69 Å². The first kappa shape index (κ1) is 18.7. The van der Waals surface area contributed by atoms with E-state index in [2.05, 4.69) is 58.4 Å². The number of nitrogens with one attached hydrogen (secondary N) is 1. The third kappa shape index (κ3) is 2.78. The summed E-state index contributed by atoms with van der Waals surface area (Å²) in [5.74, 6) is 0. The topological polar surface area (TPSA) is 68.1 Å². The van der Waals surface area contributed by atoms with Gasteiger partial charge in [-0.3, -0.25) is 4.79 Å². The first-order valence-corrected chi connectivity index (χ1v) is 10.4. The maximum atomic E-state index is 13.5. The zero-order chi connectivity index (χ0) is 21.0. The van der Waals surface area contributed by atoms with Gasteiger partial charge in [0.2, 0.25) is 0 Å². The Morgan fingerprint density at radius 2 is 1.77 bits per heavy atom. The van der Waals surface area contributed by atoms with Gasteiger partial charge < -0.3 is 19.4 Å². The molecule has 1 saturated heterocycles. The predicted molar refractivity (Wildman–Crippen MR) is 122 cm³/mol. The van der Waals surface area contributed by atoms with E-state index in [1.807, 2.05) is 18.2 Å². The maximum Gasteiger partial charge on any atom is 0.199 e. The van der Waals surface area contributed by atoms with Gasteiger partial charge in [-0.2, -0.15) is 5.26 Å². The van der Waals surface area contributed by atoms with Gasteiger partial charge >= 0.3 is 0 Å². The van der Waals surface area contributed by atoms with Crippen LogP contribution in [-0.4, -0.2) is 47.7 Å². The number of aromatic amines is 1. The molecule has 2 aromatic carbocycles. The summed E-state index contributed by atoms with van der Waals surface area (Å²) in [7, 11) is 2.15. The summed E-state index contributed by atoms with van der Waals surface area (Å²) in [5.41, 5.74) is 4.38. The second kappa shape index (κ2) is 6.89. The summed E-state index contributed by atoms with van der Waals surface area (Å²) in [5, 5.41) is 11.6. The van der Waals surface area contributed by atoms with Crippen LogP contribution in [0.3, 0.4) is 0 Å². The first-order chi connectivity index (χ1) is 14.5. The van der Waals surface area contributed by atoms with E-state index in [1.54, 1.807) is 6.07 Å². The monoisotopic (exact) mass is 399 g/mol. The molecule has 30 heavy (non-hydrogen) atoms. The second-order valence-electron chi connectivity index (χ2n) is 8.51. The third-order valence-corrected chi connectivity index (χ3v) is 6.25. The quantitative estimate of drug-likeness (QED) is 0.556. The number of H-pyrrole nitrogens is 1. The van der Waals surface area contributed by atoms with Crippen LogP contribution in [0.2, 0.25) is 0 Å². The molecule has 0 atom stereocenters. The molecule has 0 amide bonds. The molecule has 0 unspecified atom stereocenters. The largest absolute Gasteiger partial charge is 0.369 e. The van der Waals surface area contributed by atoms with Gasteiger partial charge in [0.25, 0.3) is 0 Å². The molecule has 0 radical (unpaired) electrons. The lowest BCUT2D eigenvalue weighted by atomic mass is 10.1. The van der Waals surface area contributed by atoms with Crippen molar-refractivity contribution in [2.75, 3.05) is 38.1 Å². The highest BCUT2D eigenvalue weighted by Crippen LogP contribution is 2.31. The van der Waals surface area contributed by atoms with Gasteiger partial charge in [-0.15, -0.1) is 0 Å². The Morgan fingerprint density at radius 1 is 1.03 bits per heavy atom. The van der Waals surface area contributed by atoms with Crippen molar-refractivity contribution in [1.82, 2.24) is 14.5 Å². The number of benzene rings is 2. The standard InChI is InChI=1S/C24H25N5O/c1-15(2)29-21-13-17(28-10-8-27(3)9-11-28)5-7-19(21)23(30)22-18-6-4-16(14-25)12-20(18)26-24(22)29/h4-7,12-13,15,26H,8-11H2,1-3H3. The summed E-state index contributed by atoms with van der Waals surface area (Å²) < 4.78 is 2.22. The van der Waals surface area contributed by atoms with Crippen LogP contribution < -0.4 is 10.3 Å². The Labute approximate surface area is 174 Å². The summed E-state index contributed by atoms with van der Waals surface area (Å²) in [4.78, 5) is 21.7. The van der Waals surface area contributed by atoms with Crippen molar-refractivity contribution >= 4 is 38.5 Å². The van der Waals surface area contributed by atoms with Crippen LogP contribution in [0.5, 0.6) is 0 Å². The number of nitriles is 1. The molecule has 6 heteroatoms. The Morgan fingerprint density at radius 3 is 2.47 bits per heavy atom. The number of hydrogen-bond donors (Lipinski definition) is 1. The highest BCUT2D eigenvalue weighted by molar-refractivity contribution is 6.10. The number of piperazine rings is 1. The number of nitrogens with zero attached hydrogens (tertiary/aromatic N) is 4. The lowest BCUT2D eigenvalue weighted by Crippen LogP contribution is -2.44. The van der Waals surface area contributed by atoms with Gasteiger partial charge in [0.05, 0.1) is 22.5 Å². The van der Waals surface area contributed by atoms with Crippen LogP contribution in [0.1, 0.15) is 25.5 Å². The van der Waals surface area contributed by atoms with Crippen molar-refractivity contribution in [3.8, 4) is 6.07 Å². The first-order valence-electron chi connectivity index (χ1n) is 10.4. The molecule has 1 aliphatic rings. The van der Waals surface area contributed by atoms with E-state index in [-0.39, 0.29) is 11.5 Å². The highest BCUT2D eigenvalue weighted by Gasteiger charge is 2.20. The molecule has 4 aromatic rings. The van der Waals surface area contributed by atoms with Crippen molar-refractivity contribution < 1.29 is 0 Å². The predicted octanol–water partition coefficient (Wildman–Crippen LogP) is 3.84. The number of rotatable bonds is 2. The van der Waals surface area contributed by atoms with Crippen LogP contribution in [0, 0.1) is 11.3 Å². The minimum Gasteiger partial charge on any atom is -0.369 e. The van der Waals surface area contributed by atoms with E-state index in [0.29, 0.717) is 10.9 Å². The molecule has 0 aliphatic carbocycles. The summed E-state index contributed by atoms with van der Waals surface area (Å²) in [6, 6.07) is 14.0. The molecule has 1 fully saturated rings. The van der Waals surface area contributed by atoms with Gasteiger partial charge in [-0.1, -0.05) is 6.07 Å². The molecule has 2 aromatic heterocycles. The lowest BCUT2D eigenvalue weighted by Gasteiger charge is -2.34. The molecule has 0 bridgehead atoms. The van der Waals surface area contributed by atoms with Gasteiger partial charge in [0, 0.05) is 54.2 Å². The molecule has 0 spiro atoms. The van der Waals surface area contributed by atoms with E-state index in [9.17, 15) is 10.1 Å². The Balaban J connectivity index is 1.81. The lowest BCUT2D eigenvalue weighted by molar-refractivity contribution is 0.313. The average molecular weight is 399 g/mol. The normalized spacial score (nSPS) is 15.5. The van der Waals surface area contributed by atoms with Crippen LogP contribution in [-0.2, 0) is 0 Å². The summed E-state index contributed by atoms with van der Waals surface area (Å²) >= 11 is 0. The molecular weight excluding hydrogens is 374 g/mol. The van der Waals surface area contributed by atoms with Crippen LogP contribution in [0.25, 0.3) is 32.8 Å². The molecule has 152 valence electrons. The van der Waals surface area contributed by atoms with Crippen molar-refractivity contribution in [1.29, 1.82) is 5.26 Å². The molecule has 1 N–H and O–H groups in total. The van der Waals surface area contributed by atoms with E-state index >= 15 is 0 Å². The maximum absolute atomic E-state index is 13.5. The van der Waals surface area contributed by atoms with Gasteiger partial charge in [0.15, 0.2) is 5.43 Å². The number of hydrogen-bond acceptors (Lipinski definition) is 4. The smallest absolute Gasteiger partial charge is 0.199 e. The van der Waals surface area contributed by atoms with Crippen LogP contribution in [0.15, 0.2) is 41.2 Å². The molecule has 1 aliphatic heterocycles. The Kier molecular flexibility index (Phi) is 4.30. The van der Waals surface area contributed by atoms with Gasteiger partial charge in [0.1, 0.15) is 5.65 Å². The minimum absolute atomic E-state index is 0.0396. The minimum atomic E-state index is 0.0396. The Hall–Kier alpha value is -3.30. The fourth-order valence-corrected chi connectivity index (χ4v) is 4.63. The third-order valence-electron chi connectivity index (χ3n) is 6.25. The highest BCUT2D eigenvalue weighted by atomic mass is 16.1. The van der Waals surface area contributed by atoms with Crippen molar-refractivity contribution in [3.63, 3.8) is 0 Å². The molecule has 5 rings (SSSR count). The molecule has 3 heterocycles. The number of likely N-dealkylation sites (N-methyl/N-ethyl adjacent to an activating group) is 1. The van der Waals surface area contributed by atoms with Crippen molar-refractivity contribution in [2.24, 2.45) is 0 Å². The summed E-state index contributed by atoms with van der Waals surface area (Å²) in [6.07, 6.45) is 0. The molecule has 0 saturated carbocycles. The summed E-state index contributed by atoms with van der Waals surface area (Å²) in [6.45, 7) is 8.32.